The zero-order valence-electron chi connectivity index (χ0n) is 16.1. The van der Waals surface area contributed by atoms with Crippen LogP contribution in [0, 0.1) is 0 Å². The molecule has 1 fully saturated rings. The third-order valence-electron chi connectivity index (χ3n) is 4.95. The Bertz CT molecular complexity index is 770. The van der Waals surface area contributed by atoms with E-state index in [-0.39, 0.29) is 36.6 Å². The molecule has 0 aliphatic carbocycles. The normalized spacial score (nSPS) is 15.2. The Morgan fingerprint density at radius 2 is 1.93 bits per heavy atom. The van der Waals surface area contributed by atoms with Gasteiger partial charge in [-0.1, -0.05) is 18.2 Å². The van der Waals surface area contributed by atoms with Crippen molar-refractivity contribution in [1.82, 2.24) is 15.5 Å². The average molecular weight is 385 g/mol. The molecule has 1 aromatic carbocycles. The molecule has 2 heterocycles. The summed E-state index contributed by atoms with van der Waals surface area (Å²) in [4.78, 5) is 26.5. The molecule has 3 rings (SSSR count). The molecule has 7 heteroatoms. The molecule has 7 nitrogen and oxygen atoms in total. The summed E-state index contributed by atoms with van der Waals surface area (Å²) in [6.07, 6.45) is 3.99. The molecule has 150 valence electrons. The van der Waals surface area contributed by atoms with Gasteiger partial charge in [-0.15, -0.1) is 0 Å². The maximum atomic E-state index is 12.3. The summed E-state index contributed by atoms with van der Waals surface area (Å²) in [5.41, 5.74) is 1.08. The number of nitrogens with zero attached hydrogens (tertiary/aromatic N) is 1. The second-order valence-corrected chi connectivity index (χ2v) is 6.79. The highest BCUT2D eigenvalue weighted by Crippen LogP contribution is 2.31. The lowest BCUT2D eigenvalue weighted by Gasteiger charge is -2.29. The van der Waals surface area contributed by atoms with Crippen LogP contribution in [0.2, 0.25) is 0 Å². The topological polar surface area (TPSA) is 83.8 Å². The standard InChI is InChI=1S/C21H27N3O4/c1-27-18-8-3-2-7-16(18)17(24-12-4-5-13-24)15-23-20(25)10-11-22-21(26)19-9-6-14-28-19/h2-3,6-9,14,17H,4-5,10-13,15H2,1H3,(H,22,26)(H,23,25). The van der Waals surface area contributed by atoms with E-state index in [1.165, 1.54) is 19.1 Å². The number of likely N-dealkylation sites (tertiary alicyclic amines) is 1. The molecular weight excluding hydrogens is 358 g/mol. The number of para-hydroxylation sites is 1. The first-order valence-electron chi connectivity index (χ1n) is 9.64. The number of carbonyl (C=O) groups is 2. The second kappa shape index (κ2) is 9.94. The lowest BCUT2D eigenvalue weighted by molar-refractivity contribution is -0.121. The first kappa shape index (κ1) is 19.9. The van der Waals surface area contributed by atoms with E-state index >= 15 is 0 Å². The molecule has 1 aromatic heterocycles. The minimum absolute atomic E-state index is 0.0697. The smallest absolute Gasteiger partial charge is 0.286 e. The minimum atomic E-state index is -0.318. The first-order chi connectivity index (χ1) is 13.7. The molecule has 1 saturated heterocycles. The largest absolute Gasteiger partial charge is 0.496 e. The first-order valence-corrected chi connectivity index (χ1v) is 9.64. The number of furan rings is 1. The van der Waals surface area contributed by atoms with Crippen molar-refractivity contribution in [3.05, 3.63) is 54.0 Å². The van der Waals surface area contributed by atoms with Crippen molar-refractivity contribution < 1.29 is 18.7 Å². The van der Waals surface area contributed by atoms with Gasteiger partial charge in [0.05, 0.1) is 19.4 Å². The van der Waals surface area contributed by atoms with E-state index in [2.05, 4.69) is 21.6 Å². The van der Waals surface area contributed by atoms with Gasteiger partial charge in [-0.3, -0.25) is 14.5 Å². The van der Waals surface area contributed by atoms with E-state index in [1.807, 2.05) is 18.2 Å². The van der Waals surface area contributed by atoms with Crippen LogP contribution in [0.5, 0.6) is 5.75 Å². The zero-order chi connectivity index (χ0) is 19.8. The average Bonchev–Trinajstić information content (AvgIpc) is 3.43. The maximum absolute atomic E-state index is 12.3. The van der Waals surface area contributed by atoms with Crippen LogP contribution in [0.1, 0.15) is 41.4 Å². The molecule has 0 bridgehead atoms. The van der Waals surface area contributed by atoms with Gasteiger partial charge in [0.1, 0.15) is 5.75 Å². The second-order valence-electron chi connectivity index (χ2n) is 6.79. The zero-order valence-corrected chi connectivity index (χ0v) is 16.1. The van der Waals surface area contributed by atoms with E-state index in [9.17, 15) is 9.59 Å². The fraction of sp³-hybridized carbons (Fsp3) is 0.429. The van der Waals surface area contributed by atoms with Crippen molar-refractivity contribution in [2.24, 2.45) is 0 Å². The Labute approximate surface area is 165 Å². The predicted octanol–water partition coefficient (Wildman–Crippen LogP) is 2.36. The number of methoxy groups -OCH3 is 1. The Kier molecular flexibility index (Phi) is 7.08. The lowest BCUT2D eigenvalue weighted by Crippen LogP contribution is -2.38. The molecular formula is C21H27N3O4. The monoisotopic (exact) mass is 385 g/mol. The van der Waals surface area contributed by atoms with Crippen molar-refractivity contribution >= 4 is 11.8 Å². The highest BCUT2D eigenvalue weighted by molar-refractivity contribution is 5.91. The van der Waals surface area contributed by atoms with Crippen molar-refractivity contribution in [2.75, 3.05) is 33.3 Å². The van der Waals surface area contributed by atoms with Gasteiger partial charge < -0.3 is 19.8 Å². The number of amides is 2. The Morgan fingerprint density at radius 3 is 2.64 bits per heavy atom. The lowest BCUT2D eigenvalue weighted by atomic mass is 10.0. The molecule has 2 N–H and O–H groups in total. The third-order valence-corrected chi connectivity index (χ3v) is 4.95. The van der Waals surface area contributed by atoms with Crippen molar-refractivity contribution in [3.63, 3.8) is 0 Å². The Balaban J connectivity index is 1.53. The Morgan fingerprint density at radius 1 is 1.14 bits per heavy atom. The SMILES string of the molecule is COc1ccccc1C(CNC(=O)CCNC(=O)c1ccco1)N1CCCC1. The summed E-state index contributed by atoms with van der Waals surface area (Å²) in [5.74, 6) is 0.658. The molecule has 0 saturated carbocycles. The number of rotatable bonds is 9. The van der Waals surface area contributed by atoms with Gasteiger partial charge in [0.25, 0.3) is 5.91 Å². The maximum Gasteiger partial charge on any atom is 0.286 e. The molecule has 1 unspecified atom stereocenters. The number of ether oxygens (including phenoxy) is 1. The number of benzene rings is 1. The molecule has 2 aromatic rings. The fourth-order valence-electron chi connectivity index (χ4n) is 3.51. The van der Waals surface area contributed by atoms with Crippen molar-refractivity contribution in [1.29, 1.82) is 0 Å². The number of hydrogen-bond acceptors (Lipinski definition) is 5. The molecule has 0 radical (unpaired) electrons. The summed E-state index contributed by atoms with van der Waals surface area (Å²) < 4.78 is 10.6. The Hall–Kier alpha value is -2.80. The van der Waals surface area contributed by atoms with Crippen LogP contribution in [-0.4, -0.2) is 50.0 Å². The van der Waals surface area contributed by atoms with Gasteiger partial charge in [-0.25, -0.2) is 0 Å². The summed E-state index contributed by atoms with van der Waals surface area (Å²) in [7, 11) is 1.67. The van der Waals surface area contributed by atoms with E-state index in [4.69, 9.17) is 9.15 Å². The summed E-state index contributed by atoms with van der Waals surface area (Å²) >= 11 is 0. The van der Waals surface area contributed by atoms with E-state index < -0.39 is 0 Å². The van der Waals surface area contributed by atoms with Gasteiger partial charge in [0, 0.05) is 25.1 Å². The summed E-state index contributed by atoms with van der Waals surface area (Å²) in [6, 6.07) is 11.3. The van der Waals surface area contributed by atoms with Crippen LogP contribution in [0.4, 0.5) is 0 Å². The van der Waals surface area contributed by atoms with Crippen LogP contribution < -0.4 is 15.4 Å². The minimum Gasteiger partial charge on any atom is -0.496 e. The van der Waals surface area contributed by atoms with Crippen LogP contribution in [-0.2, 0) is 4.79 Å². The molecule has 1 aliphatic heterocycles. The van der Waals surface area contributed by atoms with Gasteiger partial charge >= 0.3 is 0 Å². The molecule has 1 atom stereocenters. The third kappa shape index (κ3) is 5.13. The van der Waals surface area contributed by atoms with E-state index in [1.54, 1.807) is 19.2 Å². The van der Waals surface area contributed by atoms with Gasteiger partial charge in [0.15, 0.2) is 5.76 Å². The van der Waals surface area contributed by atoms with Crippen LogP contribution in [0.25, 0.3) is 0 Å². The summed E-state index contributed by atoms with van der Waals surface area (Å²) in [5, 5.41) is 5.69. The number of carbonyl (C=O) groups excluding carboxylic acids is 2. The van der Waals surface area contributed by atoms with Crippen LogP contribution >= 0.6 is 0 Å². The van der Waals surface area contributed by atoms with E-state index in [0.717, 1.165) is 24.4 Å². The van der Waals surface area contributed by atoms with Gasteiger partial charge in [-0.2, -0.15) is 0 Å². The molecule has 2 amide bonds. The van der Waals surface area contributed by atoms with Gasteiger partial charge in [0.2, 0.25) is 5.91 Å². The predicted molar refractivity (Wildman–Crippen MR) is 105 cm³/mol. The molecule has 1 aliphatic rings. The van der Waals surface area contributed by atoms with Crippen LogP contribution in [0.15, 0.2) is 47.1 Å². The van der Waals surface area contributed by atoms with Gasteiger partial charge in [-0.05, 0) is 44.1 Å². The van der Waals surface area contributed by atoms with Crippen molar-refractivity contribution in [2.45, 2.75) is 25.3 Å². The number of nitrogens with one attached hydrogen (secondary N) is 2. The molecule has 28 heavy (non-hydrogen) atoms. The fourth-order valence-corrected chi connectivity index (χ4v) is 3.51. The highest BCUT2D eigenvalue weighted by atomic mass is 16.5. The highest BCUT2D eigenvalue weighted by Gasteiger charge is 2.26. The van der Waals surface area contributed by atoms with Crippen LogP contribution in [0.3, 0.4) is 0 Å². The van der Waals surface area contributed by atoms with E-state index in [0.29, 0.717) is 6.54 Å². The number of hydrogen-bond donors (Lipinski definition) is 2. The quantitative estimate of drug-likeness (QED) is 0.692. The van der Waals surface area contributed by atoms with Crippen molar-refractivity contribution in [3.8, 4) is 5.75 Å². The molecule has 0 spiro atoms. The summed E-state index contributed by atoms with van der Waals surface area (Å²) in [6.45, 7) is 2.79.